The molecule has 0 saturated heterocycles. The normalized spacial score (nSPS) is 13.2. The SMILES string of the molecule is O=C(CN(c1ccc(F)cc1)S(=O)(=O)c1cccnc1)N1CCc2ccccc21. The quantitative estimate of drug-likeness (QED) is 0.647. The number of carbonyl (C=O) groups is 1. The molecule has 1 aliphatic heterocycles. The third kappa shape index (κ3) is 3.71. The molecule has 0 N–H and O–H groups in total. The zero-order valence-corrected chi connectivity index (χ0v) is 16.2. The maximum absolute atomic E-state index is 13.4. The van der Waals surface area contributed by atoms with Gasteiger partial charge in [-0.25, -0.2) is 12.8 Å². The van der Waals surface area contributed by atoms with E-state index >= 15 is 0 Å². The number of hydrogen-bond donors (Lipinski definition) is 0. The summed E-state index contributed by atoms with van der Waals surface area (Å²) in [7, 11) is -4.07. The first-order chi connectivity index (χ1) is 14.0. The molecule has 0 fully saturated rings. The summed E-state index contributed by atoms with van der Waals surface area (Å²) in [5.41, 5.74) is 2.04. The zero-order valence-electron chi connectivity index (χ0n) is 15.4. The maximum atomic E-state index is 13.4. The molecule has 29 heavy (non-hydrogen) atoms. The number of amides is 1. The Labute approximate surface area is 168 Å². The number of fused-ring (bicyclic) bond motifs is 1. The number of anilines is 2. The van der Waals surface area contributed by atoms with Gasteiger partial charge >= 0.3 is 0 Å². The molecule has 6 nitrogen and oxygen atoms in total. The fourth-order valence-electron chi connectivity index (χ4n) is 3.35. The van der Waals surface area contributed by atoms with E-state index in [1.54, 1.807) is 4.90 Å². The number of halogens is 1. The largest absolute Gasteiger partial charge is 0.310 e. The van der Waals surface area contributed by atoms with Gasteiger partial charge in [0.1, 0.15) is 17.3 Å². The van der Waals surface area contributed by atoms with Crippen molar-refractivity contribution in [3.05, 3.63) is 84.4 Å². The summed E-state index contributed by atoms with van der Waals surface area (Å²) >= 11 is 0. The van der Waals surface area contributed by atoms with Crippen molar-refractivity contribution in [3.8, 4) is 0 Å². The van der Waals surface area contributed by atoms with Gasteiger partial charge in [-0.2, -0.15) is 0 Å². The Morgan fingerprint density at radius 3 is 2.55 bits per heavy atom. The third-order valence-corrected chi connectivity index (χ3v) is 6.56. The number of carbonyl (C=O) groups excluding carboxylic acids is 1. The highest BCUT2D eigenvalue weighted by molar-refractivity contribution is 7.92. The Bertz CT molecular complexity index is 1140. The van der Waals surface area contributed by atoms with Crippen LogP contribution < -0.4 is 9.21 Å². The van der Waals surface area contributed by atoms with Gasteiger partial charge in [0.15, 0.2) is 0 Å². The first-order valence-electron chi connectivity index (χ1n) is 9.03. The fraction of sp³-hybridized carbons (Fsp3) is 0.143. The molecule has 1 aliphatic rings. The first kappa shape index (κ1) is 19.1. The second-order valence-corrected chi connectivity index (χ2v) is 8.46. The van der Waals surface area contributed by atoms with Crippen LogP contribution in [-0.4, -0.2) is 32.4 Å². The molecule has 3 aromatic rings. The lowest BCUT2D eigenvalue weighted by molar-refractivity contribution is -0.117. The number of pyridine rings is 1. The number of rotatable bonds is 5. The zero-order chi connectivity index (χ0) is 20.4. The van der Waals surface area contributed by atoms with Crippen LogP contribution in [0.5, 0.6) is 0 Å². The summed E-state index contributed by atoms with van der Waals surface area (Å²) < 4.78 is 40.9. The van der Waals surface area contributed by atoms with Crippen molar-refractivity contribution in [1.29, 1.82) is 0 Å². The molecule has 4 rings (SSSR count). The van der Waals surface area contributed by atoms with Crippen LogP contribution in [-0.2, 0) is 21.2 Å². The van der Waals surface area contributed by atoms with Crippen LogP contribution in [0.2, 0.25) is 0 Å². The molecule has 0 atom stereocenters. The molecule has 0 spiro atoms. The summed E-state index contributed by atoms with van der Waals surface area (Å²) in [5.74, 6) is -0.848. The van der Waals surface area contributed by atoms with Gasteiger partial charge in [-0.15, -0.1) is 0 Å². The minimum atomic E-state index is -4.07. The Morgan fingerprint density at radius 2 is 1.83 bits per heavy atom. The molecule has 8 heteroatoms. The minimum absolute atomic E-state index is 0.0426. The van der Waals surface area contributed by atoms with E-state index in [0.29, 0.717) is 13.0 Å². The number of nitrogens with zero attached hydrogens (tertiary/aromatic N) is 3. The van der Waals surface area contributed by atoms with Gasteiger partial charge in [0, 0.05) is 24.6 Å². The number of para-hydroxylation sites is 1. The second kappa shape index (κ2) is 7.63. The monoisotopic (exact) mass is 411 g/mol. The van der Waals surface area contributed by atoms with Crippen molar-refractivity contribution in [3.63, 3.8) is 0 Å². The number of aromatic nitrogens is 1. The lowest BCUT2D eigenvalue weighted by Crippen LogP contribution is -2.42. The third-order valence-electron chi connectivity index (χ3n) is 4.80. The van der Waals surface area contributed by atoms with E-state index in [1.807, 2.05) is 24.3 Å². The van der Waals surface area contributed by atoms with Crippen molar-refractivity contribution < 1.29 is 17.6 Å². The van der Waals surface area contributed by atoms with Crippen LogP contribution in [0.1, 0.15) is 5.56 Å². The highest BCUT2D eigenvalue weighted by atomic mass is 32.2. The minimum Gasteiger partial charge on any atom is -0.310 e. The van der Waals surface area contributed by atoms with Crippen LogP contribution in [0.15, 0.2) is 78.0 Å². The lowest BCUT2D eigenvalue weighted by atomic mass is 10.2. The van der Waals surface area contributed by atoms with E-state index < -0.39 is 22.4 Å². The fourth-order valence-corrected chi connectivity index (χ4v) is 4.73. The number of sulfonamides is 1. The average molecular weight is 411 g/mol. The van der Waals surface area contributed by atoms with Crippen molar-refractivity contribution in [2.24, 2.45) is 0 Å². The van der Waals surface area contributed by atoms with Gasteiger partial charge in [-0.3, -0.25) is 14.1 Å². The van der Waals surface area contributed by atoms with Gasteiger partial charge in [-0.1, -0.05) is 18.2 Å². The highest BCUT2D eigenvalue weighted by Gasteiger charge is 2.31. The molecule has 0 unspecified atom stereocenters. The molecule has 1 aromatic heterocycles. The molecule has 2 aromatic carbocycles. The summed E-state index contributed by atoms with van der Waals surface area (Å²) in [4.78, 5) is 18.5. The number of hydrogen-bond acceptors (Lipinski definition) is 4. The van der Waals surface area contributed by atoms with E-state index in [2.05, 4.69) is 4.98 Å². The number of benzene rings is 2. The smallest absolute Gasteiger partial charge is 0.266 e. The van der Waals surface area contributed by atoms with Gasteiger partial charge in [0.25, 0.3) is 10.0 Å². The van der Waals surface area contributed by atoms with E-state index in [-0.39, 0.29) is 16.5 Å². The predicted octanol–water partition coefficient (Wildman–Crippen LogP) is 3.01. The van der Waals surface area contributed by atoms with Gasteiger partial charge in [0.05, 0.1) is 5.69 Å². The van der Waals surface area contributed by atoms with E-state index in [9.17, 15) is 17.6 Å². The Balaban J connectivity index is 1.70. The molecular formula is C21H18FN3O3S. The molecule has 0 radical (unpaired) electrons. The molecule has 148 valence electrons. The summed E-state index contributed by atoms with van der Waals surface area (Å²) in [6.45, 7) is 0.0829. The summed E-state index contributed by atoms with van der Waals surface area (Å²) in [6.07, 6.45) is 3.41. The van der Waals surface area contributed by atoms with Crippen molar-refractivity contribution in [2.75, 3.05) is 22.3 Å². The van der Waals surface area contributed by atoms with Crippen molar-refractivity contribution >= 4 is 27.3 Å². The highest BCUT2D eigenvalue weighted by Crippen LogP contribution is 2.29. The van der Waals surface area contributed by atoms with Crippen LogP contribution in [0.4, 0.5) is 15.8 Å². The van der Waals surface area contributed by atoms with E-state index in [4.69, 9.17) is 0 Å². The molecule has 0 aliphatic carbocycles. The van der Waals surface area contributed by atoms with Crippen molar-refractivity contribution in [2.45, 2.75) is 11.3 Å². The predicted molar refractivity (Wildman–Crippen MR) is 108 cm³/mol. The van der Waals surface area contributed by atoms with E-state index in [0.717, 1.165) is 27.7 Å². The molecule has 0 bridgehead atoms. The molecule has 1 amide bonds. The van der Waals surface area contributed by atoms with E-state index in [1.165, 1.54) is 36.7 Å². The van der Waals surface area contributed by atoms with Crippen LogP contribution >= 0.6 is 0 Å². The Morgan fingerprint density at radius 1 is 1.07 bits per heavy atom. The van der Waals surface area contributed by atoms with Crippen LogP contribution in [0.25, 0.3) is 0 Å². The summed E-state index contributed by atoms with van der Waals surface area (Å²) in [5, 5.41) is 0. The first-order valence-corrected chi connectivity index (χ1v) is 10.5. The Kier molecular flexibility index (Phi) is 5.02. The van der Waals surface area contributed by atoms with Crippen molar-refractivity contribution in [1.82, 2.24) is 4.98 Å². The summed E-state index contributed by atoms with van der Waals surface area (Å²) in [6, 6.07) is 15.5. The van der Waals surface area contributed by atoms with Crippen LogP contribution in [0, 0.1) is 5.82 Å². The molecular weight excluding hydrogens is 393 g/mol. The van der Waals surface area contributed by atoms with Gasteiger partial charge in [-0.05, 0) is 54.4 Å². The van der Waals surface area contributed by atoms with Gasteiger partial charge < -0.3 is 4.90 Å². The average Bonchev–Trinajstić information content (AvgIpc) is 3.17. The lowest BCUT2D eigenvalue weighted by Gasteiger charge is -2.26. The second-order valence-electron chi connectivity index (χ2n) is 6.60. The standard InChI is InChI=1S/C21H18FN3O3S/c22-17-7-9-18(10-8-17)25(29(27,28)19-5-3-12-23-14-19)15-21(26)24-13-11-16-4-1-2-6-20(16)24/h1-10,12,14H,11,13,15H2. The maximum Gasteiger partial charge on any atom is 0.266 e. The topological polar surface area (TPSA) is 70.6 Å². The molecule has 2 heterocycles. The Hall–Kier alpha value is -3.26. The van der Waals surface area contributed by atoms with Crippen LogP contribution in [0.3, 0.4) is 0 Å². The molecule has 0 saturated carbocycles. The van der Waals surface area contributed by atoms with Gasteiger partial charge in [0.2, 0.25) is 5.91 Å².